The number of hydrogen-bond donors (Lipinski definition) is 1. The van der Waals surface area contributed by atoms with E-state index >= 15 is 0 Å². The van der Waals surface area contributed by atoms with E-state index in [0.717, 1.165) is 6.42 Å². The number of aliphatic hydroxyl groups excluding tert-OH is 1. The summed E-state index contributed by atoms with van der Waals surface area (Å²) in [5.41, 5.74) is -0.761. The van der Waals surface area contributed by atoms with Crippen LogP contribution in [0.4, 0.5) is 0 Å². The van der Waals surface area contributed by atoms with Crippen molar-refractivity contribution in [3.8, 4) is 0 Å². The molecule has 0 radical (unpaired) electrons. The average molecular weight is 224 g/mol. The van der Waals surface area contributed by atoms with Crippen LogP contribution in [0.15, 0.2) is 0 Å². The summed E-state index contributed by atoms with van der Waals surface area (Å²) in [5, 5.41) is 9.45. The van der Waals surface area contributed by atoms with Crippen LogP contribution in [0, 0.1) is 0 Å². The first-order valence-electron chi connectivity index (χ1n) is 4.63. The lowest BCUT2D eigenvalue weighted by molar-refractivity contribution is -0.0479. The Kier molecular flexibility index (Phi) is 7.34. The van der Waals surface area contributed by atoms with E-state index in [1.54, 1.807) is 6.92 Å². The summed E-state index contributed by atoms with van der Waals surface area (Å²) < 4.78 is 20.6. The third-order valence-corrected chi connectivity index (χ3v) is 4.45. The Morgan fingerprint density at radius 1 is 1.29 bits per heavy atom. The molecule has 0 spiro atoms. The van der Waals surface area contributed by atoms with Crippen LogP contribution < -0.4 is 0 Å². The van der Waals surface area contributed by atoms with Gasteiger partial charge in [-0.2, -0.15) is 0 Å². The maximum absolute atomic E-state index is 9.45. The minimum Gasteiger partial charge on any atom is -0.389 e. The van der Waals surface area contributed by atoms with Crippen molar-refractivity contribution >= 4 is 8.80 Å². The summed E-state index contributed by atoms with van der Waals surface area (Å²) in [6, 6.07) is 0. The lowest BCUT2D eigenvalue weighted by Gasteiger charge is -2.28. The molecule has 0 heterocycles. The van der Waals surface area contributed by atoms with Gasteiger partial charge in [-0.3, -0.25) is 0 Å². The van der Waals surface area contributed by atoms with Crippen molar-refractivity contribution in [2.75, 3.05) is 27.6 Å². The van der Waals surface area contributed by atoms with Crippen molar-refractivity contribution in [3.05, 3.63) is 0 Å². The van der Waals surface area contributed by atoms with Gasteiger partial charge in [-0.25, -0.2) is 0 Å². The van der Waals surface area contributed by atoms with Gasteiger partial charge >= 0.3 is 8.80 Å². The van der Waals surface area contributed by atoms with E-state index in [9.17, 15) is 5.11 Å². The monoisotopic (exact) mass is 224 g/mol. The van der Waals surface area contributed by atoms with Crippen molar-refractivity contribution < 1.29 is 23.1 Å². The van der Waals surface area contributed by atoms with Gasteiger partial charge in [-0.05, 0) is 13.3 Å². The average Bonchev–Trinajstić information content (AvgIpc) is 2.18. The highest BCUT2D eigenvalue weighted by Crippen LogP contribution is 2.12. The van der Waals surface area contributed by atoms with E-state index in [4.69, 9.17) is 18.0 Å². The molecule has 1 atom stereocenters. The van der Waals surface area contributed by atoms with Gasteiger partial charge in [0.05, 0.1) is 0 Å². The largest absolute Gasteiger partial charge is 0.532 e. The molecule has 0 rings (SSSR count). The molecule has 0 aromatic carbocycles. The van der Waals surface area contributed by atoms with E-state index < -0.39 is 14.5 Å². The van der Waals surface area contributed by atoms with Crippen LogP contribution >= 0.6 is 0 Å². The molecule has 0 saturated carbocycles. The first-order chi connectivity index (χ1) is 6.63. The smallest absolute Gasteiger partial charge is 0.389 e. The Hall–Kier alpha value is 0.0169. The van der Waals surface area contributed by atoms with Crippen LogP contribution in [-0.4, -0.2) is 47.3 Å². The topological polar surface area (TPSA) is 57.2 Å². The minimum absolute atomic E-state index is 0.0899. The van der Waals surface area contributed by atoms with E-state index in [0.29, 0.717) is 6.61 Å². The van der Waals surface area contributed by atoms with Crippen molar-refractivity contribution in [3.63, 3.8) is 0 Å². The van der Waals surface area contributed by atoms with Gasteiger partial charge in [0.25, 0.3) is 0 Å². The Labute approximate surface area is 86.3 Å². The predicted octanol–water partition coefficient (Wildman–Crippen LogP) is 0.539. The molecule has 86 valence electrons. The second-order valence-corrected chi connectivity index (χ2v) is 6.01. The zero-order valence-corrected chi connectivity index (χ0v) is 10.3. The highest BCUT2D eigenvalue weighted by molar-refractivity contribution is 6.61. The van der Waals surface area contributed by atoms with Crippen LogP contribution in [-0.2, 0) is 18.0 Å². The standard InChI is InChI=1S/C8H20O5Si/c1-5-6-12-7-13-14(10-3,11-4)8(2)9/h8-9H,5-7H2,1-4H3. The van der Waals surface area contributed by atoms with Crippen LogP contribution in [0.5, 0.6) is 0 Å². The van der Waals surface area contributed by atoms with E-state index in [2.05, 4.69) is 0 Å². The Balaban J connectivity index is 3.95. The van der Waals surface area contributed by atoms with Gasteiger partial charge in [0, 0.05) is 20.8 Å². The highest BCUT2D eigenvalue weighted by Gasteiger charge is 2.45. The summed E-state index contributed by atoms with van der Waals surface area (Å²) in [7, 11) is -0.0191. The SMILES string of the molecule is CCCOCO[Si](OC)(OC)C(C)O. The molecule has 1 N–H and O–H groups in total. The number of rotatable bonds is 8. The molecule has 0 aliphatic heterocycles. The van der Waals surface area contributed by atoms with E-state index in [1.807, 2.05) is 6.92 Å². The number of hydrogen-bond acceptors (Lipinski definition) is 5. The summed E-state index contributed by atoms with van der Waals surface area (Å²) in [4.78, 5) is 0. The molecular formula is C8H20O5Si. The van der Waals surface area contributed by atoms with Crippen molar-refractivity contribution in [2.45, 2.75) is 26.0 Å². The Morgan fingerprint density at radius 3 is 2.21 bits per heavy atom. The van der Waals surface area contributed by atoms with Crippen LogP contribution in [0.1, 0.15) is 20.3 Å². The maximum Gasteiger partial charge on any atom is 0.532 e. The van der Waals surface area contributed by atoms with Crippen LogP contribution in [0.25, 0.3) is 0 Å². The van der Waals surface area contributed by atoms with Crippen molar-refractivity contribution in [2.24, 2.45) is 0 Å². The molecular weight excluding hydrogens is 204 g/mol. The van der Waals surface area contributed by atoms with Crippen molar-refractivity contribution in [1.29, 1.82) is 0 Å². The first-order valence-corrected chi connectivity index (χ1v) is 6.43. The number of aliphatic hydroxyl groups is 1. The molecule has 0 aliphatic rings. The van der Waals surface area contributed by atoms with Crippen molar-refractivity contribution in [1.82, 2.24) is 0 Å². The minimum atomic E-state index is -2.94. The summed E-state index contributed by atoms with van der Waals surface area (Å²) in [5.74, 6) is 0. The molecule has 0 saturated heterocycles. The molecule has 0 amide bonds. The zero-order valence-electron chi connectivity index (χ0n) is 9.28. The molecule has 0 fully saturated rings. The summed E-state index contributed by atoms with van der Waals surface area (Å²) >= 11 is 0. The fraction of sp³-hybridized carbons (Fsp3) is 1.00. The summed E-state index contributed by atoms with van der Waals surface area (Å²) in [6.45, 7) is 4.30. The summed E-state index contributed by atoms with van der Waals surface area (Å²) in [6.07, 6.45) is 0.923. The predicted molar refractivity (Wildman–Crippen MR) is 53.6 cm³/mol. The fourth-order valence-electron chi connectivity index (χ4n) is 0.990. The first kappa shape index (κ1) is 14.0. The lowest BCUT2D eigenvalue weighted by Crippen LogP contribution is -2.54. The molecule has 1 unspecified atom stereocenters. The third-order valence-electron chi connectivity index (χ3n) is 1.77. The van der Waals surface area contributed by atoms with E-state index in [1.165, 1.54) is 14.2 Å². The molecule has 14 heavy (non-hydrogen) atoms. The fourth-order valence-corrected chi connectivity index (χ4v) is 2.56. The Bertz CT molecular complexity index is 138. The Morgan fingerprint density at radius 2 is 1.86 bits per heavy atom. The maximum atomic E-state index is 9.45. The lowest BCUT2D eigenvalue weighted by atomic mass is 10.5. The quantitative estimate of drug-likeness (QED) is 0.370. The molecule has 0 aromatic rings. The molecule has 6 heteroatoms. The normalized spacial score (nSPS) is 14.4. The molecule has 0 aliphatic carbocycles. The van der Waals surface area contributed by atoms with Gasteiger partial charge in [-0.1, -0.05) is 6.92 Å². The van der Waals surface area contributed by atoms with Crippen LogP contribution in [0.3, 0.4) is 0 Å². The van der Waals surface area contributed by atoms with Gasteiger partial charge in [0.2, 0.25) is 0 Å². The second kappa shape index (κ2) is 7.33. The van der Waals surface area contributed by atoms with Gasteiger partial charge in [-0.15, -0.1) is 0 Å². The third kappa shape index (κ3) is 4.03. The zero-order chi connectivity index (χ0) is 11.0. The van der Waals surface area contributed by atoms with E-state index in [-0.39, 0.29) is 6.79 Å². The highest BCUT2D eigenvalue weighted by atomic mass is 28.4. The molecule has 0 bridgehead atoms. The van der Waals surface area contributed by atoms with Gasteiger partial charge in [0.15, 0.2) is 0 Å². The van der Waals surface area contributed by atoms with Gasteiger partial charge < -0.3 is 23.1 Å². The van der Waals surface area contributed by atoms with Crippen LogP contribution in [0.2, 0.25) is 0 Å². The molecule has 5 nitrogen and oxygen atoms in total. The molecule has 0 aromatic heterocycles. The number of ether oxygens (including phenoxy) is 1. The second-order valence-electron chi connectivity index (χ2n) is 2.86. The van der Waals surface area contributed by atoms with Gasteiger partial charge in [0.1, 0.15) is 12.5 Å².